The normalized spacial score (nSPS) is 11.2. The van der Waals surface area contributed by atoms with Crippen LogP contribution in [0.5, 0.6) is 23.0 Å². The molecular formula is C26H28N2O7. The Morgan fingerprint density at radius 2 is 1.49 bits per heavy atom. The molecule has 0 aromatic heterocycles. The number of carbonyl (C=O) groups is 2. The molecule has 0 bridgehead atoms. The number of methoxy groups -OCH3 is 3. The van der Waals surface area contributed by atoms with Gasteiger partial charge in [0.25, 0.3) is 11.8 Å². The molecule has 3 aromatic carbocycles. The minimum Gasteiger partial charge on any atom is -0.497 e. The number of rotatable bonds is 11. The summed E-state index contributed by atoms with van der Waals surface area (Å²) < 4.78 is 21.3. The van der Waals surface area contributed by atoms with E-state index in [2.05, 4.69) is 10.6 Å². The molecule has 35 heavy (non-hydrogen) atoms. The standard InChI is InChI=1S/C26H28N2O7/c1-32-19-13-11-17(12-14-19)25(30)28-21-8-5-4-7-20(21)26(31)27-15-18(29)16-35-24-22(33-2)9-6-10-23(24)34-3/h4-14,18,29H,15-16H2,1-3H3,(H,27,31)(H,28,30). The van der Waals surface area contributed by atoms with Gasteiger partial charge in [0.05, 0.1) is 32.6 Å². The van der Waals surface area contributed by atoms with Crippen molar-refractivity contribution in [2.75, 3.05) is 39.8 Å². The summed E-state index contributed by atoms with van der Waals surface area (Å²) in [6, 6.07) is 18.4. The molecule has 0 aliphatic rings. The summed E-state index contributed by atoms with van der Waals surface area (Å²) in [5, 5.41) is 15.7. The van der Waals surface area contributed by atoms with Gasteiger partial charge in [0, 0.05) is 12.1 Å². The molecule has 9 nitrogen and oxygen atoms in total. The Kier molecular flexibility index (Phi) is 8.91. The lowest BCUT2D eigenvalue weighted by Gasteiger charge is -2.17. The SMILES string of the molecule is COc1ccc(C(=O)Nc2ccccc2C(=O)NCC(O)COc2c(OC)cccc2OC)cc1. The molecule has 184 valence electrons. The van der Waals surface area contributed by atoms with E-state index in [1.807, 2.05) is 0 Å². The minimum absolute atomic E-state index is 0.0724. The lowest BCUT2D eigenvalue weighted by atomic mass is 10.1. The fourth-order valence-corrected chi connectivity index (χ4v) is 3.23. The maximum atomic E-state index is 12.8. The van der Waals surface area contributed by atoms with Gasteiger partial charge >= 0.3 is 0 Å². The molecule has 0 saturated carbocycles. The van der Waals surface area contributed by atoms with Gasteiger partial charge in [-0.3, -0.25) is 9.59 Å². The highest BCUT2D eigenvalue weighted by atomic mass is 16.5. The largest absolute Gasteiger partial charge is 0.497 e. The zero-order valence-corrected chi connectivity index (χ0v) is 19.7. The molecule has 0 heterocycles. The number of ether oxygens (including phenoxy) is 4. The lowest BCUT2D eigenvalue weighted by Crippen LogP contribution is -2.35. The van der Waals surface area contributed by atoms with Crippen LogP contribution in [0.3, 0.4) is 0 Å². The molecule has 1 atom stereocenters. The van der Waals surface area contributed by atoms with E-state index in [0.29, 0.717) is 34.2 Å². The van der Waals surface area contributed by atoms with Gasteiger partial charge in [0.2, 0.25) is 5.75 Å². The van der Waals surface area contributed by atoms with Crippen LogP contribution in [0.2, 0.25) is 0 Å². The number of benzene rings is 3. The Morgan fingerprint density at radius 1 is 0.829 bits per heavy atom. The Balaban J connectivity index is 1.59. The monoisotopic (exact) mass is 480 g/mol. The van der Waals surface area contributed by atoms with Crippen molar-refractivity contribution in [2.45, 2.75) is 6.10 Å². The smallest absolute Gasteiger partial charge is 0.255 e. The molecular weight excluding hydrogens is 452 g/mol. The van der Waals surface area contributed by atoms with Crippen LogP contribution in [-0.2, 0) is 0 Å². The number of para-hydroxylation sites is 2. The summed E-state index contributed by atoms with van der Waals surface area (Å²) in [4.78, 5) is 25.4. The van der Waals surface area contributed by atoms with Crippen molar-refractivity contribution in [2.24, 2.45) is 0 Å². The summed E-state index contributed by atoms with van der Waals surface area (Å²) in [6.07, 6.45) is -1.00. The third kappa shape index (κ3) is 6.64. The average molecular weight is 481 g/mol. The van der Waals surface area contributed by atoms with Gasteiger partial charge in [0.1, 0.15) is 18.5 Å². The van der Waals surface area contributed by atoms with Crippen LogP contribution in [0.15, 0.2) is 66.7 Å². The first-order chi connectivity index (χ1) is 17.0. The maximum Gasteiger partial charge on any atom is 0.255 e. The van der Waals surface area contributed by atoms with Gasteiger partial charge in [-0.05, 0) is 48.5 Å². The van der Waals surface area contributed by atoms with Crippen LogP contribution >= 0.6 is 0 Å². The van der Waals surface area contributed by atoms with Gasteiger partial charge in [-0.25, -0.2) is 0 Å². The number of aliphatic hydroxyl groups excluding tert-OH is 1. The second-order valence-electron chi connectivity index (χ2n) is 7.39. The van der Waals surface area contributed by atoms with E-state index in [1.54, 1.807) is 73.8 Å². The maximum absolute atomic E-state index is 12.8. The zero-order valence-electron chi connectivity index (χ0n) is 19.7. The van der Waals surface area contributed by atoms with E-state index in [0.717, 1.165) is 0 Å². The van der Waals surface area contributed by atoms with Crippen molar-refractivity contribution in [3.8, 4) is 23.0 Å². The quantitative estimate of drug-likeness (QED) is 0.386. The zero-order chi connectivity index (χ0) is 25.2. The average Bonchev–Trinajstić information content (AvgIpc) is 2.90. The predicted octanol–water partition coefficient (Wildman–Crippen LogP) is 3.13. The Labute approximate surface area is 203 Å². The van der Waals surface area contributed by atoms with Crippen LogP contribution in [-0.4, -0.2) is 57.5 Å². The van der Waals surface area contributed by atoms with Gasteiger partial charge in [-0.1, -0.05) is 18.2 Å². The first-order valence-corrected chi connectivity index (χ1v) is 10.8. The second-order valence-corrected chi connectivity index (χ2v) is 7.39. The molecule has 0 saturated heterocycles. The number of hydrogen-bond donors (Lipinski definition) is 3. The van der Waals surface area contributed by atoms with E-state index in [1.165, 1.54) is 14.2 Å². The van der Waals surface area contributed by atoms with Crippen LogP contribution in [0.1, 0.15) is 20.7 Å². The van der Waals surface area contributed by atoms with E-state index in [-0.39, 0.29) is 24.6 Å². The van der Waals surface area contributed by atoms with Crippen molar-refractivity contribution >= 4 is 17.5 Å². The van der Waals surface area contributed by atoms with Crippen LogP contribution in [0.4, 0.5) is 5.69 Å². The van der Waals surface area contributed by atoms with Crippen molar-refractivity contribution in [1.82, 2.24) is 5.32 Å². The molecule has 2 amide bonds. The molecule has 0 fully saturated rings. The molecule has 3 rings (SSSR count). The van der Waals surface area contributed by atoms with E-state index in [9.17, 15) is 14.7 Å². The topological polar surface area (TPSA) is 115 Å². The highest BCUT2D eigenvalue weighted by Gasteiger charge is 2.17. The van der Waals surface area contributed by atoms with Crippen LogP contribution in [0, 0.1) is 0 Å². The third-order valence-electron chi connectivity index (χ3n) is 5.07. The Morgan fingerprint density at radius 3 is 2.11 bits per heavy atom. The molecule has 0 spiro atoms. The fourth-order valence-electron chi connectivity index (χ4n) is 3.23. The van der Waals surface area contributed by atoms with Crippen molar-refractivity contribution in [3.05, 3.63) is 77.9 Å². The third-order valence-corrected chi connectivity index (χ3v) is 5.07. The Hall–Kier alpha value is -4.24. The first kappa shape index (κ1) is 25.4. The molecule has 0 aliphatic carbocycles. The van der Waals surface area contributed by atoms with Crippen LogP contribution < -0.4 is 29.6 Å². The molecule has 0 radical (unpaired) electrons. The summed E-state index contributed by atoms with van der Waals surface area (Å²) >= 11 is 0. The summed E-state index contributed by atoms with van der Waals surface area (Å²) in [5.74, 6) is 1.09. The summed E-state index contributed by atoms with van der Waals surface area (Å²) in [6.45, 7) is -0.177. The summed E-state index contributed by atoms with van der Waals surface area (Å²) in [5.41, 5.74) is 1.02. The van der Waals surface area contributed by atoms with Gasteiger partial charge < -0.3 is 34.7 Å². The van der Waals surface area contributed by atoms with E-state index < -0.39 is 12.0 Å². The second kappa shape index (κ2) is 12.3. The van der Waals surface area contributed by atoms with Crippen LogP contribution in [0.25, 0.3) is 0 Å². The highest BCUT2D eigenvalue weighted by Crippen LogP contribution is 2.36. The fraction of sp³-hybridized carbons (Fsp3) is 0.231. The highest BCUT2D eigenvalue weighted by molar-refractivity contribution is 6.09. The number of nitrogens with one attached hydrogen (secondary N) is 2. The van der Waals surface area contributed by atoms with Gasteiger partial charge in [-0.15, -0.1) is 0 Å². The molecule has 3 N–H and O–H groups in total. The van der Waals surface area contributed by atoms with Crippen molar-refractivity contribution in [1.29, 1.82) is 0 Å². The number of amides is 2. The molecule has 9 heteroatoms. The number of anilines is 1. The van der Waals surface area contributed by atoms with Crippen molar-refractivity contribution in [3.63, 3.8) is 0 Å². The minimum atomic E-state index is -1.00. The predicted molar refractivity (Wildman–Crippen MR) is 131 cm³/mol. The summed E-state index contributed by atoms with van der Waals surface area (Å²) in [7, 11) is 4.55. The van der Waals surface area contributed by atoms with Crippen molar-refractivity contribution < 1.29 is 33.6 Å². The Bertz CT molecular complexity index is 1130. The number of carbonyl (C=O) groups excluding carboxylic acids is 2. The molecule has 1 unspecified atom stereocenters. The molecule has 0 aliphatic heterocycles. The van der Waals surface area contributed by atoms with E-state index in [4.69, 9.17) is 18.9 Å². The van der Waals surface area contributed by atoms with Gasteiger partial charge in [-0.2, -0.15) is 0 Å². The number of hydrogen-bond acceptors (Lipinski definition) is 7. The van der Waals surface area contributed by atoms with Gasteiger partial charge in [0.15, 0.2) is 11.5 Å². The molecule has 3 aromatic rings. The first-order valence-electron chi connectivity index (χ1n) is 10.8. The van der Waals surface area contributed by atoms with E-state index >= 15 is 0 Å². The lowest BCUT2D eigenvalue weighted by molar-refractivity contribution is 0.0834. The number of aliphatic hydroxyl groups is 1.